The van der Waals surface area contributed by atoms with Gasteiger partial charge in [-0.2, -0.15) is 0 Å². The van der Waals surface area contributed by atoms with Gasteiger partial charge in [0.1, 0.15) is 16.9 Å². The number of nitrogens with two attached hydrogens (primary N) is 1. The van der Waals surface area contributed by atoms with Gasteiger partial charge in [0.05, 0.1) is 29.7 Å². The first-order valence-electron chi connectivity index (χ1n) is 14.7. The van der Waals surface area contributed by atoms with Gasteiger partial charge in [0.25, 0.3) is 5.91 Å². The number of carbonyl (C=O) groups excluding carboxylic acids is 1. The average Bonchev–Trinajstić information content (AvgIpc) is 3.40. The number of H-pyrrole nitrogens is 1. The number of imidazole rings is 1. The fraction of sp³-hybridized carbons (Fsp3) is 0.375. The number of aromatic amines is 1. The highest BCUT2D eigenvalue weighted by Crippen LogP contribution is 2.40. The van der Waals surface area contributed by atoms with Crippen molar-refractivity contribution in [2.24, 2.45) is 24.6 Å². The Morgan fingerprint density at radius 3 is 2.67 bits per heavy atom. The van der Waals surface area contributed by atoms with Crippen molar-refractivity contribution in [2.45, 2.75) is 44.3 Å². The number of hydrogen-bond acceptors (Lipinski definition) is 6. The van der Waals surface area contributed by atoms with Gasteiger partial charge in [-0.3, -0.25) is 9.59 Å². The fourth-order valence-electron chi connectivity index (χ4n) is 7.07. The lowest BCUT2D eigenvalue weighted by Gasteiger charge is -2.27. The summed E-state index contributed by atoms with van der Waals surface area (Å²) in [5.74, 6) is 2.36. The lowest BCUT2D eigenvalue weighted by molar-refractivity contribution is 0.0700. The Balaban J connectivity index is 1.25. The summed E-state index contributed by atoms with van der Waals surface area (Å²) >= 11 is 0. The number of fused-ring (bicyclic) bond motifs is 4. The molecule has 5 aromatic rings. The monoisotopic (exact) mass is 563 g/mol. The van der Waals surface area contributed by atoms with Crippen LogP contribution in [0.5, 0.6) is 5.75 Å². The minimum absolute atomic E-state index is 0.0106. The maximum Gasteiger partial charge on any atom is 0.254 e. The molecule has 5 heterocycles. The van der Waals surface area contributed by atoms with Gasteiger partial charge >= 0.3 is 0 Å². The molecule has 0 spiro atoms. The van der Waals surface area contributed by atoms with Crippen LogP contribution in [0.4, 0.5) is 0 Å². The van der Waals surface area contributed by atoms with Crippen LogP contribution in [-0.4, -0.2) is 60.6 Å². The first kappa shape index (κ1) is 25.3. The summed E-state index contributed by atoms with van der Waals surface area (Å²) < 4.78 is 10.1. The fourth-order valence-corrected chi connectivity index (χ4v) is 7.07. The zero-order valence-corrected chi connectivity index (χ0v) is 23.7. The quantitative estimate of drug-likeness (QED) is 0.323. The number of nitrogens with zero attached hydrogens (tertiary/aromatic N) is 5. The molecular formula is C32H33N7O3. The van der Waals surface area contributed by atoms with Gasteiger partial charge < -0.3 is 29.5 Å². The van der Waals surface area contributed by atoms with Gasteiger partial charge in [-0.1, -0.05) is 0 Å². The van der Waals surface area contributed by atoms with E-state index in [2.05, 4.69) is 15.6 Å². The highest BCUT2D eigenvalue weighted by atomic mass is 16.5. The van der Waals surface area contributed by atoms with Crippen LogP contribution in [0.2, 0.25) is 0 Å². The van der Waals surface area contributed by atoms with Gasteiger partial charge in [-0.25, -0.2) is 9.97 Å². The molecule has 3 aliphatic rings. The van der Waals surface area contributed by atoms with Crippen molar-refractivity contribution in [2.75, 3.05) is 13.7 Å². The molecule has 2 bridgehead atoms. The molecule has 2 unspecified atom stereocenters. The summed E-state index contributed by atoms with van der Waals surface area (Å²) in [5, 5.41) is 1.00. The first-order valence-corrected chi connectivity index (χ1v) is 14.7. The molecule has 3 N–H and O–H groups in total. The SMILES string of the molecule is COc1cc(C(=O)N2CC3CCC2[C@@H]3N)cc2nc(-c3cc4ccc(-c5cc(=O)cc[nH]5)nc4n3CC3CC3)n(C)c12. The van der Waals surface area contributed by atoms with E-state index in [1.165, 1.54) is 18.9 Å². The van der Waals surface area contributed by atoms with E-state index >= 15 is 0 Å². The molecule has 1 amide bonds. The highest BCUT2D eigenvalue weighted by molar-refractivity contribution is 6.00. The number of amides is 1. The Morgan fingerprint density at radius 2 is 1.95 bits per heavy atom. The number of likely N-dealkylation sites (tertiary alicyclic amines) is 1. The zero-order chi connectivity index (χ0) is 28.7. The Morgan fingerprint density at radius 1 is 1.10 bits per heavy atom. The third-order valence-corrected chi connectivity index (χ3v) is 9.48. The summed E-state index contributed by atoms with van der Waals surface area (Å²) in [6.07, 6.45) is 6.08. The number of aromatic nitrogens is 5. The zero-order valence-electron chi connectivity index (χ0n) is 23.7. The lowest BCUT2D eigenvalue weighted by atomic mass is 10.1. The van der Waals surface area contributed by atoms with Crippen LogP contribution in [0.3, 0.4) is 0 Å². The number of methoxy groups -OCH3 is 1. The molecular weight excluding hydrogens is 530 g/mol. The van der Waals surface area contributed by atoms with E-state index in [1.54, 1.807) is 19.4 Å². The third kappa shape index (κ3) is 3.88. The van der Waals surface area contributed by atoms with E-state index in [0.29, 0.717) is 46.6 Å². The maximum atomic E-state index is 13.7. The van der Waals surface area contributed by atoms with Crippen LogP contribution >= 0.6 is 0 Å². The number of rotatable bonds is 6. The van der Waals surface area contributed by atoms with E-state index < -0.39 is 0 Å². The average molecular weight is 564 g/mol. The van der Waals surface area contributed by atoms with E-state index in [1.807, 2.05) is 40.8 Å². The topological polar surface area (TPSA) is 124 Å². The predicted octanol–water partition coefficient (Wildman–Crippen LogP) is 3.93. The molecule has 8 rings (SSSR count). The van der Waals surface area contributed by atoms with Crippen LogP contribution in [0.15, 0.2) is 53.5 Å². The summed E-state index contributed by atoms with van der Waals surface area (Å²) in [6, 6.07) is 13.1. The third-order valence-electron chi connectivity index (χ3n) is 9.48. The molecule has 10 nitrogen and oxygen atoms in total. The van der Waals surface area contributed by atoms with Crippen molar-refractivity contribution in [1.29, 1.82) is 0 Å². The molecule has 4 aromatic heterocycles. The molecule has 2 aliphatic carbocycles. The van der Waals surface area contributed by atoms with E-state index in [4.69, 9.17) is 20.4 Å². The Labute approximate surface area is 242 Å². The second kappa shape index (κ2) is 9.29. The van der Waals surface area contributed by atoms with E-state index in [9.17, 15) is 9.59 Å². The second-order valence-electron chi connectivity index (χ2n) is 12.1. The number of piperidine rings is 1. The molecule has 1 saturated heterocycles. The lowest BCUT2D eigenvalue weighted by Crippen LogP contribution is -2.41. The van der Waals surface area contributed by atoms with Crippen LogP contribution in [0, 0.1) is 11.8 Å². The molecule has 3 atom stereocenters. The standard InChI is InChI=1S/C32H33N7O3/c1-37-29-24(11-20(13-27(29)42-2)32(41)39-16-19-6-8-25(39)28(19)33)36-31(37)26-12-18-5-7-22(23-14-21(40)9-10-34-23)35-30(18)38(26)15-17-3-4-17/h5,7,9-14,17,19,25,28H,3-4,6,8,15-16,33H2,1-2H3,(H,34,40)/t19?,25?,28-/m1/s1. The number of aryl methyl sites for hydroxylation is 1. The summed E-state index contributed by atoms with van der Waals surface area (Å²) in [6.45, 7) is 1.55. The van der Waals surface area contributed by atoms with Crippen molar-refractivity contribution in [3.8, 4) is 28.7 Å². The Hall–Kier alpha value is -4.44. The highest BCUT2D eigenvalue weighted by Gasteiger charge is 2.47. The number of pyridine rings is 2. The van der Waals surface area contributed by atoms with Gasteiger partial charge in [0.15, 0.2) is 11.3 Å². The largest absolute Gasteiger partial charge is 0.494 e. The van der Waals surface area contributed by atoms with Crippen LogP contribution in [0.1, 0.15) is 36.0 Å². The maximum absolute atomic E-state index is 13.7. The molecule has 0 radical (unpaired) electrons. The van der Waals surface area contributed by atoms with E-state index in [-0.39, 0.29) is 23.4 Å². The Bertz CT molecular complexity index is 1950. The Kier molecular flexibility index (Phi) is 5.59. The normalized spacial score (nSPS) is 21.6. The van der Waals surface area contributed by atoms with Crippen molar-refractivity contribution < 1.29 is 9.53 Å². The number of nitrogens with one attached hydrogen (secondary N) is 1. The molecule has 214 valence electrons. The van der Waals surface area contributed by atoms with Gasteiger partial charge in [-0.15, -0.1) is 0 Å². The number of ether oxygens (including phenoxy) is 1. The van der Waals surface area contributed by atoms with Crippen molar-refractivity contribution in [1.82, 2.24) is 29.0 Å². The van der Waals surface area contributed by atoms with Crippen molar-refractivity contribution in [3.05, 3.63) is 64.4 Å². The molecule has 3 fully saturated rings. The molecule has 42 heavy (non-hydrogen) atoms. The molecule has 1 aliphatic heterocycles. The van der Waals surface area contributed by atoms with Crippen LogP contribution < -0.4 is 15.9 Å². The van der Waals surface area contributed by atoms with Crippen molar-refractivity contribution in [3.63, 3.8) is 0 Å². The van der Waals surface area contributed by atoms with Crippen LogP contribution in [0.25, 0.3) is 45.0 Å². The minimum atomic E-state index is -0.0636. The van der Waals surface area contributed by atoms with Gasteiger partial charge in [0.2, 0.25) is 0 Å². The van der Waals surface area contributed by atoms with Crippen LogP contribution in [-0.2, 0) is 13.6 Å². The van der Waals surface area contributed by atoms with Gasteiger partial charge in [0, 0.05) is 61.5 Å². The second-order valence-corrected chi connectivity index (χ2v) is 12.1. The van der Waals surface area contributed by atoms with Crippen molar-refractivity contribution >= 4 is 28.0 Å². The summed E-state index contributed by atoms with van der Waals surface area (Å²) in [7, 11) is 3.62. The number of carbonyl (C=O) groups is 1. The summed E-state index contributed by atoms with van der Waals surface area (Å²) in [5.41, 5.74) is 11.7. The number of hydrogen-bond donors (Lipinski definition) is 2. The molecule has 10 heteroatoms. The van der Waals surface area contributed by atoms with E-state index in [0.717, 1.165) is 47.5 Å². The first-order chi connectivity index (χ1) is 20.4. The molecule has 2 saturated carbocycles. The smallest absolute Gasteiger partial charge is 0.254 e. The van der Waals surface area contributed by atoms with Gasteiger partial charge in [-0.05, 0) is 67.9 Å². The number of benzene rings is 1. The predicted molar refractivity (Wildman–Crippen MR) is 160 cm³/mol. The summed E-state index contributed by atoms with van der Waals surface area (Å²) in [4.78, 5) is 40.9. The minimum Gasteiger partial charge on any atom is -0.494 e. The molecule has 1 aromatic carbocycles.